The third-order valence-corrected chi connectivity index (χ3v) is 6.97. The van der Waals surface area contributed by atoms with Crippen LogP contribution in [-0.2, 0) is 21.5 Å². The number of anilines is 1. The summed E-state index contributed by atoms with van der Waals surface area (Å²) in [5, 5.41) is 2.75. The van der Waals surface area contributed by atoms with Gasteiger partial charge in [0.2, 0.25) is 5.91 Å². The molecule has 1 atom stereocenters. The monoisotopic (exact) mass is 494 g/mol. The van der Waals surface area contributed by atoms with Crippen LogP contribution in [0.15, 0.2) is 42.5 Å². The molecule has 0 spiro atoms. The summed E-state index contributed by atoms with van der Waals surface area (Å²) in [7, 11) is 0. The third-order valence-electron chi connectivity index (χ3n) is 6.97. The summed E-state index contributed by atoms with van der Waals surface area (Å²) in [4.78, 5) is 54.7. The van der Waals surface area contributed by atoms with Crippen molar-refractivity contribution in [3.63, 3.8) is 0 Å². The summed E-state index contributed by atoms with van der Waals surface area (Å²) >= 11 is 0. The molecule has 0 saturated carbocycles. The van der Waals surface area contributed by atoms with Crippen molar-refractivity contribution in [3.05, 3.63) is 65.0 Å². The standard InChI is InChI=1S/C27H31FN4O4/c1-4-5-19-6-9-21(10-7-19)27(3)25(35)32(26(36)29-27)17-24(34)31-14-12-30(13-15-31)23-11-8-20(18(2)33)16-22(23)28/h6-11,16H,4-5,12-15,17H2,1-3H3,(H,29,36)/t27-/m1/s1. The number of hydrogen-bond acceptors (Lipinski definition) is 5. The summed E-state index contributed by atoms with van der Waals surface area (Å²) < 4.78 is 14.5. The van der Waals surface area contributed by atoms with Crippen molar-refractivity contribution in [1.29, 1.82) is 0 Å². The minimum Gasteiger partial charge on any atom is -0.366 e. The molecular formula is C27H31FN4O4. The second-order valence-electron chi connectivity index (χ2n) is 9.48. The van der Waals surface area contributed by atoms with E-state index in [0.29, 0.717) is 43.0 Å². The number of halogens is 1. The topological polar surface area (TPSA) is 90.0 Å². The van der Waals surface area contributed by atoms with Crippen LogP contribution in [0.2, 0.25) is 0 Å². The van der Waals surface area contributed by atoms with Gasteiger partial charge in [-0.25, -0.2) is 9.18 Å². The predicted octanol–water partition coefficient (Wildman–Crippen LogP) is 3.10. The molecule has 4 amide bonds. The van der Waals surface area contributed by atoms with Crippen LogP contribution in [0.25, 0.3) is 0 Å². The quantitative estimate of drug-likeness (QED) is 0.472. The number of ketones is 1. The molecule has 2 aliphatic rings. The molecule has 2 heterocycles. The maximum Gasteiger partial charge on any atom is 0.325 e. The first-order chi connectivity index (χ1) is 17.1. The number of piperazine rings is 1. The Labute approximate surface area is 210 Å². The van der Waals surface area contributed by atoms with Gasteiger partial charge in [0.05, 0.1) is 5.69 Å². The Morgan fingerprint density at radius 3 is 2.28 bits per heavy atom. The molecule has 9 heteroatoms. The van der Waals surface area contributed by atoms with Gasteiger partial charge in [-0.05, 0) is 49.6 Å². The number of rotatable bonds is 7. The highest BCUT2D eigenvalue weighted by Crippen LogP contribution is 2.29. The van der Waals surface area contributed by atoms with E-state index in [4.69, 9.17) is 0 Å². The first-order valence-corrected chi connectivity index (χ1v) is 12.2. The third kappa shape index (κ3) is 4.82. The molecule has 2 aromatic carbocycles. The lowest BCUT2D eigenvalue weighted by Gasteiger charge is -2.36. The van der Waals surface area contributed by atoms with Crippen LogP contribution in [0.3, 0.4) is 0 Å². The smallest absolute Gasteiger partial charge is 0.325 e. The van der Waals surface area contributed by atoms with E-state index in [-0.39, 0.29) is 18.2 Å². The van der Waals surface area contributed by atoms with Crippen LogP contribution >= 0.6 is 0 Å². The molecule has 8 nitrogen and oxygen atoms in total. The number of urea groups is 1. The Bertz CT molecular complexity index is 1190. The zero-order chi connectivity index (χ0) is 26.0. The van der Waals surface area contributed by atoms with E-state index in [9.17, 15) is 23.6 Å². The van der Waals surface area contributed by atoms with Gasteiger partial charge in [0, 0.05) is 31.7 Å². The Morgan fingerprint density at radius 2 is 1.69 bits per heavy atom. The maximum absolute atomic E-state index is 14.5. The van der Waals surface area contributed by atoms with Crippen molar-refractivity contribution in [2.45, 2.75) is 39.2 Å². The zero-order valence-corrected chi connectivity index (χ0v) is 20.8. The average molecular weight is 495 g/mol. The van der Waals surface area contributed by atoms with Gasteiger partial charge in [0.25, 0.3) is 5.91 Å². The number of aryl methyl sites for hydroxylation is 1. The molecule has 0 aromatic heterocycles. The van der Waals surface area contributed by atoms with E-state index in [0.717, 1.165) is 23.3 Å². The lowest BCUT2D eigenvalue weighted by Crippen LogP contribution is -2.52. The highest BCUT2D eigenvalue weighted by atomic mass is 19.1. The van der Waals surface area contributed by atoms with Crippen molar-refractivity contribution < 1.29 is 23.6 Å². The van der Waals surface area contributed by atoms with Gasteiger partial charge in [0.15, 0.2) is 5.78 Å². The summed E-state index contributed by atoms with van der Waals surface area (Å²) in [6.07, 6.45) is 1.94. The summed E-state index contributed by atoms with van der Waals surface area (Å²) in [6.45, 7) is 6.21. The molecule has 0 radical (unpaired) electrons. The highest BCUT2D eigenvalue weighted by Gasteiger charge is 2.49. The summed E-state index contributed by atoms with van der Waals surface area (Å²) in [5.41, 5.74) is 1.28. The van der Waals surface area contributed by atoms with Crippen molar-refractivity contribution in [2.24, 2.45) is 0 Å². The Morgan fingerprint density at radius 1 is 1.03 bits per heavy atom. The predicted molar refractivity (Wildman–Crippen MR) is 133 cm³/mol. The second kappa shape index (κ2) is 10.1. The Kier molecular flexibility index (Phi) is 7.10. The number of hydrogen-bond donors (Lipinski definition) is 1. The molecule has 4 rings (SSSR count). The molecule has 2 fully saturated rings. The number of benzene rings is 2. The molecule has 0 bridgehead atoms. The number of imide groups is 1. The number of amides is 4. The Balaban J connectivity index is 1.38. The van der Waals surface area contributed by atoms with Crippen LogP contribution in [-0.4, -0.2) is 66.2 Å². The van der Waals surface area contributed by atoms with E-state index in [2.05, 4.69) is 12.2 Å². The molecule has 190 valence electrons. The van der Waals surface area contributed by atoms with Crippen LogP contribution in [0.4, 0.5) is 14.9 Å². The fraction of sp³-hybridized carbons (Fsp3) is 0.407. The molecule has 1 N–H and O–H groups in total. The van der Waals surface area contributed by atoms with E-state index in [1.54, 1.807) is 24.0 Å². The van der Waals surface area contributed by atoms with Gasteiger partial charge in [-0.1, -0.05) is 37.6 Å². The van der Waals surface area contributed by atoms with E-state index >= 15 is 0 Å². The Hall–Kier alpha value is -3.75. The molecule has 0 aliphatic carbocycles. The van der Waals surface area contributed by atoms with Crippen LogP contribution in [0.5, 0.6) is 0 Å². The summed E-state index contributed by atoms with van der Waals surface area (Å²) in [6, 6.07) is 11.4. The second-order valence-corrected chi connectivity index (χ2v) is 9.48. The molecule has 36 heavy (non-hydrogen) atoms. The van der Waals surface area contributed by atoms with Gasteiger partial charge in [-0.2, -0.15) is 0 Å². The average Bonchev–Trinajstić information content (AvgIpc) is 3.08. The molecule has 0 unspecified atom stereocenters. The molecular weight excluding hydrogens is 463 g/mol. The SMILES string of the molecule is CCCc1ccc([C@@]2(C)NC(=O)N(CC(=O)N3CCN(c4ccc(C(C)=O)cc4F)CC3)C2=O)cc1. The zero-order valence-electron chi connectivity index (χ0n) is 20.8. The lowest BCUT2D eigenvalue weighted by atomic mass is 9.91. The van der Waals surface area contributed by atoms with Crippen molar-refractivity contribution in [2.75, 3.05) is 37.6 Å². The van der Waals surface area contributed by atoms with Crippen LogP contribution in [0.1, 0.15) is 48.7 Å². The van der Waals surface area contributed by atoms with Crippen molar-refractivity contribution >= 4 is 29.3 Å². The molecule has 2 aromatic rings. The fourth-order valence-corrected chi connectivity index (χ4v) is 4.74. The number of nitrogens with zero attached hydrogens (tertiary/aromatic N) is 3. The largest absolute Gasteiger partial charge is 0.366 e. The van der Waals surface area contributed by atoms with Crippen LogP contribution < -0.4 is 10.2 Å². The number of nitrogens with one attached hydrogen (secondary N) is 1. The molecule has 2 saturated heterocycles. The van der Waals surface area contributed by atoms with Gasteiger partial charge >= 0.3 is 6.03 Å². The number of carbonyl (C=O) groups excluding carboxylic acids is 4. The summed E-state index contributed by atoms with van der Waals surface area (Å²) in [5.74, 6) is -1.49. The van der Waals surface area contributed by atoms with Gasteiger partial charge in [-0.3, -0.25) is 19.3 Å². The van der Waals surface area contributed by atoms with Crippen LogP contribution in [0, 0.1) is 5.82 Å². The highest BCUT2D eigenvalue weighted by molar-refractivity contribution is 6.09. The van der Waals surface area contributed by atoms with E-state index < -0.39 is 23.3 Å². The van der Waals surface area contributed by atoms with Gasteiger partial charge in [0.1, 0.15) is 17.9 Å². The lowest BCUT2D eigenvalue weighted by molar-refractivity contribution is -0.139. The minimum absolute atomic E-state index is 0.207. The van der Waals surface area contributed by atoms with Crippen molar-refractivity contribution in [3.8, 4) is 0 Å². The van der Waals surface area contributed by atoms with Crippen molar-refractivity contribution in [1.82, 2.24) is 15.1 Å². The normalized spacial score (nSPS) is 20.1. The minimum atomic E-state index is -1.23. The first-order valence-electron chi connectivity index (χ1n) is 12.2. The van der Waals surface area contributed by atoms with Gasteiger partial charge in [-0.15, -0.1) is 0 Å². The van der Waals surface area contributed by atoms with E-state index in [1.165, 1.54) is 13.0 Å². The first kappa shape index (κ1) is 25.3. The molecule has 2 aliphatic heterocycles. The maximum atomic E-state index is 14.5. The van der Waals surface area contributed by atoms with Gasteiger partial charge < -0.3 is 15.1 Å². The number of carbonyl (C=O) groups is 4. The number of Topliss-reactive ketones (excluding diaryl/α,β-unsaturated/α-hetero) is 1. The van der Waals surface area contributed by atoms with E-state index in [1.807, 2.05) is 29.2 Å². The fourth-order valence-electron chi connectivity index (χ4n) is 4.74.